The van der Waals surface area contributed by atoms with E-state index in [4.69, 9.17) is 4.74 Å². The van der Waals surface area contributed by atoms with Crippen molar-refractivity contribution < 1.29 is 9.53 Å². The maximum atomic E-state index is 13.3. The Bertz CT molecular complexity index is 1500. The first kappa shape index (κ1) is 26.1. The molecule has 0 unspecified atom stereocenters. The van der Waals surface area contributed by atoms with E-state index >= 15 is 0 Å². The predicted molar refractivity (Wildman–Crippen MR) is 152 cm³/mol. The van der Waals surface area contributed by atoms with Crippen LogP contribution < -0.4 is 20.5 Å². The van der Waals surface area contributed by atoms with Crippen LogP contribution in [0.1, 0.15) is 24.7 Å². The van der Waals surface area contributed by atoms with Gasteiger partial charge in [-0.25, -0.2) is 4.98 Å². The fraction of sp³-hybridized carbons (Fsp3) is 0.214. The van der Waals surface area contributed by atoms with Crippen LogP contribution >= 0.6 is 15.9 Å². The molecular weight excluding hydrogens is 534 g/mol. The van der Waals surface area contributed by atoms with E-state index in [1.807, 2.05) is 86.6 Å². The van der Waals surface area contributed by atoms with Gasteiger partial charge in [0.1, 0.15) is 11.6 Å². The molecular formula is C28H28BrN5O3. The number of fused-ring (bicyclic) bond motifs is 1. The van der Waals surface area contributed by atoms with Gasteiger partial charge in [0, 0.05) is 48.0 Å². The zero-order valence-electron chi connectivity index (χ0n) is 20.9. The van der Waals surface area contributed by atoms with Gasteiger partial charge in [0.25, 0.3) is 11.5 Å². The number of amides is 1. The van der Waals surface area contributed by atoms with Crippen molar-refractivity contribution in [3.8, 4) is 5.75 Å². The maximum Gasteiger partial charge on any atom is 0.282 e. The lowest BCUT2D eigenvalue weighted by atomic mass is 10.2. The van der Waals surface area contributed by atoms with Gasteiger partial charge in [-0.05, 0) is 48.9 Å². The lowest BCUT2D eigenvalue weighted by Crippen LogP contribution is -2.22. The van der Waals surface area contributed by atoms with Crippen LogP contribution in [0.25, 0.3) is 10.9 Å². The molecule has 0 aliphatic carbocycles. The van der Waals surface area contributed by atoms with E-state index in [9.17, 15) is 9.59 Å². The number of rotatable bonds is 9. The minimum absolute atomic E-state index is 0.181. The molecule has 1 heterocycles. The van der Waals surface area contributed by atoms with E-state index in [0.29, 0.717) is 40.1 Å². The number of ether oxygens (including phenoxy) is 1. The number of nitrogens with one attached hydrogen (secondary N) is 1. The molecule has 0 aliphatic rings. The number of anilines is 2. The number of halogens is 1. The molecule has 1 amide bonds. The van der Waals surface area contributed by atoms with Crippen LogP contribution in [-0.4, -0.2) is 42.5 Å². The Kier molecular flexibility index (Phi) is 8.35. The number of benzene rings is 3. The van der Waals surface area contributed by atoms with Crippen LogP contribution in [-0.2, 0) is 11.2 Å². The van der Waals surface area contributed by atoms with Gasteiger partial charge >= 0.3 is 0 Å². The zero-order valence-corrected chi connectivity index (χ0v) is 22.5. The van der Waals surface area contributed by atoms with Crippen molar-refractivity contribution >= 4 is 50.3 Å². The molecule has 0 bridgehead atoms. The van der Waals surface area contributed by atoms with Crippen molar-refractivity contribution in [1.82, 2.24) is 9.66 Å². The molecule has 1 N–H and O–H groups in total. The van der Waals surface area contributed by atoms with Crippen molar-refractivity contribution in [3.63, 3.8) is 0 Å². The van der Waals surface area contributed by atoms with E-state index < -0.39 is 0 Å². The second-order valence-corrected chi connectivity index (χ2v) is 9.54. The smallest absolute Gasteiger partial charge is 0.282 e. The summed E-state index contributed by atoms with van der Waals surface area (Å²) in [5.74, 6) is 0.767. The quantitative estimate of drug-likeness (QED) is 0.288. The monoisotopic (exact) mass is 561 g/mol. The highest BCUT2D eigenvalue weighted by Gasteiger charge is 2.12. The number of hydrogen-bond acceptors (Lipinski definition) is 6. The average Bonchev–Trinajstić information content (AvgIpc) is 2.88. The number of aromatic nitrogens is 2. The normalized spacial score (nSPS) is 11.1. The van der Waals surface area contributed by atoms with Gasteiger partial charge in [0.2, 0.25) is 0 Å². The predicted octanol–water partition coefficient (Wildman–Crippen LogP) is 5.08. The Hall–Kier alpha value is -3.98. The van der Waals surface area contributed by atoms with Crippen LogP contribution in [0, 0.1) is 0 Å². The Labute approximate surface area is 223 Å². The molecule has 3 aromatic carbocycles. The molecule has 4 rings (SSSR count). The molecule has 4 aromatic rings. The highest BCUT2D eigenvalue weighted by Crippen LogP contribution is 2.24. The molecule has 37 heavy (non-hydrogen) atoms. The van der Waals surface area contributed by atoms with Crippen molar-refractivity contribution in [2.24, 2.45) is 5.10 Å². The van der Waals surface area contributed by atoms with Crippen LogP contribution in [0.15, 0.2) is 81.1 Å². The Morgan fingerprint density at radius 3 is 2.65 bits per heavy atom. The summed E-state index contributed by atoms with van der Waals surface area (Å²) in [6, 6.07) is 20.2. The number of nitrogens with zero attached hydrogens (tertiary/aromatic N) is 4. The zero-order chi connectivity index (χ0) is 26.4. The first-order chi connectivity index (χ1) is 17.9. The first-order valence-electron chi connectivity index (χ1n) is 11.9. The Morgan fingerprint density at radius 1 is 1.14 bits per heavy atom. The summed E-state index contributed by atoms with van der Waals surface area (Å²) >= 11 is 3.43. The van der Waals surface area contributed by atoms with E-state index in [2.05, 4.69) is 31.3 Å². The van der Waals surface area contributed by atoms with E-state index in [1.54, 1.807) is 12.3 Å². The summed E-state index contributed by atoms with van der Waals surface area (Å²) in [6.07, 6.45) is 2.98. The molecule has 190 valence electrons. The molecule has 8 nitrogen and oxygen atoms in total. The number of aryl methyl sites for hydroxylation is 1. The third kappa shape index (κ3) is 6.42. The molecule has 0 atom stereocenters. The van der Waals surface area contributed by atoms with Crippen LogP contribution in [0.5, 0.6) is 5.75 Å². The molecule has 0 saturated heterocycles. The van der Waals surface area contributed by atoms with Gasteiger partial charge < -0.3 is 15.0 Å². The molecule has 0 aliphatic heterocycles. The van der Waals surface area contributed by atoms with E-state index in [-0.39, 0.29) is 18.1 Å². The van der Waals surface area contributed by atoms with Gasteiger partial charge in [-0.3, -0.25) is 9.59 Å². The summed E-state index contributed by atoms with van der Waals surface area (Å²) in [7, 11) is 3.84. The number of hydrogen-bond donors (Lipinski definition) is 1. The van der Waals surface area contributed by atoms with Crippen molar-refractivity contribution in [1.29, 1.82) is 0 Å². The Balaban J connectivity index is 1.66. The lowest BCUT2D eigenvalue weighted by Gasteiger charge is -2.16. The van der Waals surface area contributed by atoms with Gasteiger partial charge in [-0.1, -0.05) is 41.1 Å². The Morgan fingerprint density at radius 2 is 1.92 bits per heavy atom. The second kappa shape index (κ2) is 11.8. The van der Waals surface area contributed by atoms with Gasteiger partial charge in [0.05, 0.1) is 17.1 Å². The van der Waals surface area contributed by atoms with Gasteiger partial charge in [0.15, 0.2) is 6.61 Å². The minimum Gasteiger partial charge on any atom is -0.483 e. The fourth-order valence-electron chi connectivity index (χ4n) is 3.71. The molecule has 9 heteroatoms. The molecule has 0 spiro atoms. The summed E-state index contributed by atoms with van der Waals surface area (Å²) in [4.78, 5) is 32.4. The minimum atomic E-state index is -0.282. The average molecular weight is 562 g/mol. The van der Waals surface area contributed by atoms with Crippen LogP contribution in [0.2, 0.25) is 0 Å². The molecule has 1 aromatic heterocycles. The number of carbonyl (C=O) groups excluding carboxylic acids is 1. The number of para-hydroxylation sites is 1. The summed E-state index contributed by atoms with van der Waals surface area (Å²) in [5, 5.41) is 7.80. The lowest BCUT2D eigenvalue weighted by molar-refractivity contribution is -0.118. The van der Waals surface area contributed by atoms with Gasteiger partial charge in [-0.15, -0.1) is 0 Å². The fourth-order valence-corrected chi connectivity index (χ4v) is 4.08. The third-order valence-electron chi connectivity index (χ3n) is 5.59. The van der Waals surface area contributed by atoms with E-state index in [1.165, 1.54) is 4.68 Å². The second-order valence-electron chi connectivity index (χ2n) is 8.62. The SMILES string of the molecule is CCCc1nc2ccc(Br)cc2c(=O)n1N=Cc1ccc(N(C)C)cc1OCC(=O)Nc1ccccc1. The van der Waals surface area contributed by atoms with E-state index in [0.717, 1.165) is 16.6 Å². The first-order valence-corrected chi connectivity index (χ1v) is 12.7. The van der Waals surface area contributed by atoms with Gasteiger partial charge in [-0.2, -0.15) is 9.78 Å². The molecule has 0 saturated carbocycles. The largest absolute Gasteiger partial charge is 0.483 e. The standard InChI is InChI=1S/C28H28BrN5O3/c1-4-8-26-32-24-14-12-20(29)15-23(24)28(36)34(26)30-17-19-11-13-22(33(2)3)16-25(19)37-18-27(35)31-21-9-6-5-7-10-21/h5-7,9-17H,4,8,18H2,1-3H3,(H,31,35). The highest BCUT2D eigenvalue weighted by molar-refractivity contribution is 9.10. The number of carbonyl (C=O) groups is 1. The highest BCUT2D eigenvalue weighted by atomic mass is 79.9. The van der Waals surface area contributed by atoms with Crippen molar-refractivity contribution in [3.05, 3.63) is 92.9 Å². The molecule has 0 fully saturated rings. The van der Waals surface area contributed by atoms with Crippen LogP contribution in [0.4, 0.5) is 11.4 Å². The molecule has 0 radical (unpaired) electrons. The summed E-state index contributed by atoms with van der Waals surface area (Å²) < 4.78 is 8.04. The summed E-state index contributed by atoms with van der Waals surface area (Å²) in [6.45, 7) is 1.84. The topological polar surface area (TPSA) is 88.8 Å². The summed E-state index contributed by atoms with van der Waals surface area (Å²) in [5.41, 5.74) is 2.60. The maximum absolute atomic E-state index is 13.3. The van der Waals surface area contributed by atoms with Crippen LogP contribution in [0.3, 0.4) is 0 Å². The van der Waals surface area contributed by atoms with Crippen molar-refractivity contribution in [2.75, 3.05) is 30.9 Å². The van der Waals surface area contributed by atoms with Crippen molar-refractivity contribution in [2.45, 2.75) is 19.8 Å². The third-order valence-corrected chi connectivity index (χ3v) is 6.08.